The Balaban J connectivity index is 2.06. The van der Waals surface area contributed by atoms with E-state index in [4.69, 9.17) is 11.6 Å². The monoisotopic (exact) mass is 143 g/mol. The van der Waals surface area contributed by atoms with Crippen molar-refractivity contribution in [3.05, 3.63) is 5.92 Å². The van der Waals surface area contributed by atoms with Gasteiger partial charge in [-0.25, -0.2) is 0 Å². The Hall–Kier alpha value is 0.290. The lowest BCUT2D eigenvalue weighted by Crippen LogP contribution is -2.29. The summed E-state index contributed by atoms with van der Waals surface area (Å²) in [6.07, 6.45) is 6.80. The Morgan fingerprint density at radius 1 is 1.22 bits per heavy atom. The van der Waals surface area contributed by atoms with Gasteiger partial charge in [-0.3, -0.25) is 0 Å². The standard InChI is InChI=1S/C8H12Cl/c9-8-5-6-1-3-7(8)4-2-6/h6,8H,1-5H2. The first-order chi connectivity index (χ1) is 4.36. The van der Waals surface area contributed by atoms with Crippen LogP contribution in [0, 0.1) is 11.8 Å². The molecule has 0 aliphatic heterocycles. The van der Waals surface area contributed by atoms with Gasteiger partial charge in [0, 0.05) is 5.38 Å². The highest BCUT2D eigenvalue weighted by molar-refractivity contribution is 6.22. The first-order valence-electron chi connectivity index (χ1n) is 3.85. The van der Waals surface area contributed by atoms with Gasteiger partial charge in [-0.05, 0) is 43.9 Å². The first kappa shape index (κ1) is 6.03. The van der Waals surface area contributed by atoms with Crippen molar-refractivity contribution in [1.82, 2.24) is 0 Å². The van der Waals surface area contributed by atoms with Gasteiger partial charge in [0.05, 0.1) is 0 Å². The summed E-state index contributed by atoms with van der Waals surface area (Å²) in [5.41, 5.74) is 0. The molecule has 3 rings (SSSR count). The third kappa shape index (κ3) is 0.980. The Morgan fingerprint density at radius 3 is 2.11 bits per heavy atom. The molecule has 0 spiro atoms. The van der Waals surface area contributed by atoms with Crippen LogP contribution in [0.2, 0.25) is 0 Å². The van der Waals surface area contributed by atoms with Gasteiger partial charge >= 0.3 is 0 Å². The normalized spacial score (nSPS) is 43.7. The van der Waals surface area contributed by atoms with Crippen LogP contribution in [0.15, 0.2) is 0 Å². The maximum Gasteiger partial charge on any atom is 0.0400 e. The van der Waals surface area contributed by atoms with Gasteiger partial charge in [-0.2, -0.15) is 0 Å². The molecule has 1 atom stereocenters. The highest BCUT2D eigenvalue weighted by Gasteiger charge is 2.34. The van der Waals surface area contributed by atoms with Crippen molar-refractivity contribution < 1.29 is 0 Å². The molecule has 1 unspecified atom stereocenters. The molecule has 0 saturated heterocycles. The van der Waals surface area contributed by atoms with Crippen LogP contribution in [0.3, 0.4) is 0 Å². The zero-order chi connectivity index (χ0) is 6.27. The summed E-state index contributed by atoms with van der Waals surface area (Å²) in [6, 6.07) is 0. The summed E-state index contributed by atoms with van der Waals surface area (Å²) in [5.74, 6) is 2.61. The molecule has 0 N–H and O–H groups in total. The van der Waals surface area contributed by atoms with Crippen LogP contribution in [-0.2, 0) is 0 Å². The third-order valence-electron chi connectivity index (χ3n) is 2.73. The Labute approximate surface area is 61.6 Å². The molecule has 1 radical (unpaired) electrons. The largest absolute Gasteiger partial charge is 0.122 e. The second kappa shape index (κ2) is 2.16. The van der Waals surface area contributed by atoms with Crippen molar-refractivity contribution in [1.29, 1.82) is 0 Å². The van der Waals surface area contributed by atoms with Crippen LogP contribution in [0.4, 0.5) is 0 Å². The molecule has 0 heterocycles. The molecule has 51 valence electrons. The van der Waals surface area contributed by atoms with E-state index in [9.17, 15) is 0 Å². The summed E-state index contributed by atoms with van der Waals surface area (Å²) in [5, 5.41) is 0.456. The van der Waals surface area contributed by atoms with Gasteiger partial charge in [0.2, 0.25) is 0 Å². The fourth-order valence-electron chi connectivity index (χ4n) is 2.06. The van der Waals surface area contributed by atoms with Crippen LogP contribution in [0.5, 0.6) is 0 Å². The zero-order valence-corrected chi connectivity index (χ0v) is 6.32. The summed E-state index contributed by atoms with van der Waals surface area (Å²) in [4.78, 5) is 0. The number of alkyl halides is 1. The minimum atomic E-state index is 0.456. The van der Waals surface area contributed by atoms with Gasteiger partial charge in [0.1, 0.15) is 0 Å². The van der Waals surface area contributed by atoms with Crippen molar-refractivity contribution >= 4 is 11.6 Å². The highest BCUT2D eigenvalue weighted by atomic mass is 35.5. The quantitative estimate of drug-likeness (QED) is 0.458. The summed E-state index contributed by atoms with van der Waals surface area (Å²) < 4.78 is 0. The molecule has 1 heteroatoms. The summed E-state index contributed by atoms with van der Waals surface area (Å²) in [7, 11) is 0. The lowest BCUT2D eigenvalue weighted by molar-refractivity contribution is 0.287. The Morgan fingerprint density at radius 2 is 1.89 bits per heavy atom. The molecular formula is C8H12Cl. The van der Waals surface area contributed by atoms with E-state index >= 15 is 0 Å². The molecule has 9 heavy (non-hydrogen) atoms. The predicted octanol–water partition coefficient (Wildman–Crippen LogP) is 2.76. The molecule has 3 aliphatic carbocycles. The van der Waals surface area contributed by atoms with E-state index in [1.807, 2.05) is 0 Å². The maximum atomic E-state index is 6.08. The maximum absolute atomic E-state index is 6.08. The fourth-order valence-corrected chi connectivity index (χ4v) is 2.53. The first-order valence-corrected chi connectivity index (χ1v) is 4.28. The van der Waals surface area contributed by atoms with Crippen molar-refractivity contribution in [3.8, 4) is 0 Å². The fraction of sp³-hybridized carbons (Fsp3) is 0.875. The van der Waals surface area contributed by atoms with Crippen molar-refractivity contribution in [2.45, 2.75) is 37.5 Å². The van der Waals surface area contributed by atoms with Crippen LogP contribution in [0.25, 0.3) is 0 Å². The lowest BCUT2D eigenvalue weighted by atomic mass is 9.71. The van der Waals surface area contributed by atoms with E-state index in [2.05, 4.69) is 0 Å². The second-order valence-electron chi connectivity index (χ2n) is 3.30. The topological polar surface area (TPSA) is 0 Å². The van der Waals surface area contributed by atoms with Crippen molar-refractivity contribution in [3.63, 3.8) is 0 Å². The minimum absolute atomic E-state index is 0.456. The van der Waals surface area contributed by atoms with Crippen molar-refractivity contribution in [2.75, 3.05) is 0 Å². The summed E-state index contributed by atoms with van der Waals surface area (Å²) >= 11 is 6.08. The second-order valence-corrected chi connectivity index (χ2v) is 3.83. The van der Waals surface area contributed by atoms with Crippen LogP contribution in [-0.4, -0.2) is 5.38 Å². The van der Waals surface area contributed by atoms with E-state index in [0.717, 1.165) is 5.92 Å². The van der Waals surface area contributed by atoms with Gasteiger partial charge in [0.15, 0.2) is 0 Å². The molecule has 0 aromatic carbocycles. The van der Waals surface area contributed by atoms with E-state index in [0.29, 0.717) is 5.38 Å². The van der Waals surface area contributed by atoms with Crippen LogP contribution >= 0.6 is 11.6 Å². The van der Waals surface area contributed by atoms with Gasteiger partial charge in [-0.1, -0.05) is 0 Å². The van der Waals surface area contributed by atoms with Crippen LogP contribution < -0.4 is 0 Å². The third-order valence-corrected chi connectivity index (χ3v) is 3.22. The van der Waals surface area contributed by atoms with Crippen LogP contribution in [0.1, 0.15) is 32.1 Å². The van der Waals surface area contributed by atoms with Gasteiger partial charge < -0.3 is 0 Å². The van der Waals surface area contributed by atoms with E-state index in [1.54, 1.807) is 5.92 Å². The lowest BCUT2D eigenvalue weighted by Gasteiger charge is -2.38. The molecule has 2 bridgehead atoms. The molecule has 0 aromatic rings. The Kier molecular flexibility index (Phi) is 1.45. The summed E-state index contributed by atoms with van der Waals surface area (Å²) in [6.45, 7) is 0. The smallest absolute Gasteiger partial charge is 0.0400 e. The molecule has 0 amide bonds. The predicted molar refractivity (Wildman–Crippen MR) is 39.5 cm³/mol. The van der Waals surface area contributed by atoms with E-state index in [1.165, 1.54) is 32.1 Å². The van der Waals surface area contributed by atoms with Gasteiger partial charge in [0.25, 0.3) is 0 Å². The van der Waals surface area contributed by atoms with E-state index < -0.39 is 0 Å². The molecule has 0 aromatic heterocycles. The minimum Gasteiger partial charge on any atom is -0.122 e. The highest BCUT2D eigenvalue weighted by Crippen LogP contribution is 2.44. The molecule has 0 nitrogen and oxygen atoms in total. The number of hydrogen-bond donors (Lipinski definition) is 0. The number of rotatable bonds is 0. The van der Waals surface area contributed by atoms with E-state index in [-0.39, 0.29) is 0 Å². The van der Waals surface area contributed by atoms with Gasteiger partial charge in [-0.15, -0.1) is 11.6 Å². The number of fused-ring (bicyclic) bond motifs is 3. The molecular weight excluding hydrogens is 132 g/mol. The molecule has 3 saturated carbocycles. The number of halogens is 1. The molecule has 3 fully saturated rings. The molecule has 3 aliphatic rings. The average molecular weight is 144 g/mol. The Bertz CT molecular complexity index is 103. The number of hydrogen-bond acceptors (Lipinski definition) is 0. The average Bonchev–Trinajstić information content (AvgIpc) is 1.90. The van der Waals surface area contributed by atoms with Crippen molar-refractivity contribution in [2.24, 2.45) is 5.92 Å². The SMILES string of the molecule is ClC1CC2CC[C]1CC2. The zero-order valence-electron chi connectivity index (χ0n) is 5.57.